The molecule has 0 saturated carbocycles. The van der Waals surface area contributed by atoms with Crippen LogP contribution in [0.1, 0.15) is 49.1 Å². The van der Waals surface area contributed by atoms with Crippen molar-refractivity contribution in [3.63, 3.8) is 0 Å². The summed E-state index contributed by atoms with van der Waals surface area (Å²) < 4.78 is 16.6. The number of amides is 1. The zero-order chi connectivity index (χ0) is 28.2. The molecule has 204 valence electrons. The minimum absolute atomic E-state index is 0.0408. The Kier molecular flexibility index (Phi) is 8.41. The van der Waals surface area contributed by atoms with Crippen molar-refractivity contribution in [1.29, 1.82) is 0 Å². The van der Waals surface area contributed by atoms with Gasteiger partial charge in [-0.15, -0.1) is 0 Å². The van der Waals surface area contributed by atoms with Gasteiger partial charge in [0.25, 0.3) is 11.7 Å². The lowest BCUT2D eigenvalue weighted by Gasteiger charge is -2.26. The fourth-order valence-electron chi connectivity index (χ4n) is 4.73. The van der Waals surface area contributed by atoms with Crippen molar-refractivity contribution in [2.45, 2.75) is 38.8 Å². The lowest BCUT2D eigenvalue weighted by molar-refractivity contribution is -0.140. The molecule has 1 atom stereocenters. The van der Waals surface area contributed by atoms with Crippen LogP contribution in [0.25, 0.3) is 5.76 Å². The van der Waals surface area contributed by atoms with Crippen LogP contribution < -0.4 is 9.47 Å². The number of likely N-dealkylation sites (tertiary alicyclic amines) is 1. The maximum absolute atomic E-state index is 13.3. The molecule has 0 aromatic heterocycles. The number of carbonyl (C=O) groups excluding carboxylic acids is 2. The third kappa shape index (κ3) is 5.99. The van der Waals surface area contributed by atoms with Gasteiger partial charge in [-0.1, -0.05) is 63.2 Å². The van der Waals surface area contributed by atoms with Crippen LogP contribution in [0, 0.1) is 0 Å². The largest absolute Gasteiger partial charge is 0.507 e. The lowest BCUT2D eigenvalue weighted by Crippen LogP contribution is -2.32. The van der Waals surface area contributed by atoms with Crippen molar-refractivity contribution in [3.8, 4) is 11.5 Å². The molecule has 4 rings (SSSR count). The Balaban J connectivity index is 1.74. The zero-order valence-electron chi connectivity index (χ0n) is 23.1. The molecule has 7 nitrogen and oxygen atoms in total. The second-order valence-corrected chi connectivity index (χ2v) is 10.5. The van der Waals surface area contributed by atoms with Gasteiger partial charge in [-0.2, -0.15) is 0 Å². The van der Waals surface area contributed by atoms with Crippen molar-refractivity contribution >= 4 is 17.4 Å². The number of rotatable bonds is 9. The SMILES string of the molecule is COCCN1C(=O)C(=O)/C(=C(\O)c2ccc(OC)c(C(C)(C)C)c2)C1c1ccc(OCc2ccccc2)cc1. The average molecular weight is 530 g/mol. The molecule has 3 aromatic carbocycles. The van der Waals surface area contributed by atoms with Crippen molar-refractivity contribution in [2.75, 3.05) is 27.4 Å². The van der Waals surface area contributed by atoms with E-state index in [-0.39, 0.29) is 29.9 Å². The first-order valence-corrected chi connectivity index (χ1v) is 12.9. The molecular formula is C32H35NO6. The number of benzene rings is 3. The van der Waals surface area contributed by atoms with Crippen molar-refractivity contribution in [2.24, 2.45) is 0 Å². The molecule has 7 heteroatoms. The van der Waals surface area contributed by atoms with Crippen LogP contribution >= 0.6 is 0 Å². The van der Waals surface area contributed by atoms with Crippen LogP contribution in [0.4, 0.5) is 0 Å². The summed E-state index contributed by atoms with van der Waals surface area (Å²) >= 11 is 0. The number of aliphatic hydroxyl groups excluding tert-OH is 1. The van der Waals surface area contributed by atoms with Gasteiger partial charge < -0.3 is 24.2 Å². The van der Waals surface area contributed by atoms with Crippen LogP contribution in [0.2, 0.25) is 0 Å². The molecule has 1 unspecified atom stereocenters. The summed E-state index contributed by atoms with van der Waals surface area (Å²) in [5.41, 5.74) is 2.81. The Hall–Kier alpha value is -4.10. The zero-order valence-corrected chi connectivity index (χ0v) is 23.1. The predicted octanol–water partition coefficient (Wildman–Crippen LogP) is 5.64. The van der Waals surface area contributed by atoms with E-state index >= 15 is 0 Å². The second kappa shape index (κ2) is 11.7. The standard InChI is InChI=1S/C32H35NO6/c1-32(2,3)25-19-23(13-16-26(25)38-5)29(34)27-28(33(17-18-37-4)31(36)30(27)35)22-11-14-24(15-12-22)39-20-21-9-7-6-8-10-21/h6-16,19,28,34H,17-18,20H2,1-5H3/b29-27-. The number of hydrogen-bond donors (Lipinski definition) is 1. The number of aliphatic hydroxyl groups is 1. The van der Waals surface area contributed by atoms with E-state index in [9.17, 15) is 14.7 Å². The van der Waals surface area contributed by atoms with Crippen LogP contribution in [0.15, 0.2) is 78.4 Å². The van der Waals surface area contributed by atoms with E-state index < -0.39 is 17.7 Å². The normalized spacial score (nSPS) is 16.9. The van der Waals surface area contributed by atoms with Crippen LogP contribution in [-0.2, 0) is 26.3 Å². The summed E-state index contributed by atoms with van der Waals surface area (Å²) in [6.07, 6.45) is 0. The third-order valence-corrected chi connectivity index (χ3v) is 6.80. The molecule has 1 heterocycles. The molecule has 1 N–H and O–H groups in total. The molecule has 1 aliphatic heterocycles. The van der Waals surface area contributed by atoms with E-state index in [4.69, 9.17) is 14.2 Å². The number of methoxy groups -OCH3 is 2. The first-order chi connectivity index (χ1) is 18.7. The maximum Gasteiger partial charge on any atom is 0.295 e. The average Bonchev–Trinajstić information content (AvgIpc) is 3.19. The molecule has 1 saturated heterocycles. The molecule has 0 bridgehead atoms. The summed E-state index contributed by atoms with van der Waals surface area (Å²) in [6, 6.07) is 21.6. The second-order valence-electron chi connectivity index (χ2n) is 10.5. The van der Waals surface area contributed by atoms with Crippen LogP contribution in [0.3, 0.4) is 0 Å². The first-order valence-electron chi connectivity index (χ1n) is 12.9. The van der Waals surface area contributed by atoms with E-state index in [1.54, 1.807) is 31.4 Å². The molecule has 1 amide bonds. The highest BCUT2D eigenvalue weighted by atomic mass is 16.5. The molecule has 1 aliphatic rings. The fourth-order valence-corrected chi connectivity index (χ4v) is 4.73. The summed E-state index contributed by atoms with van der Waals surface area (Å²) in [5, 5.41) is 11.5. The number of Topliss-reactive ketones (excluding diaryl/α,β-unsaturated/α-hetero) is 1. The van der Waals surface area contributed by atoms with Gasteiger partial charge in [-0.3, -0.25) is 9.59 Å². The summed E-state index contributed by atoms with van der Waals surface area (Å²) in [5.74, 6) is -0.293. The molecule has 3 aromatic rings. The Bertz CT molecular complexity index is 1360. The topological polar surface area (TPSA) is 85.3 Å². The Labute approximate surface area is 229 Å². The van der Waals surface area contributed by atoms with Crippen molar-refractivity contribution < 1.29 is 28.9 Å². The van der Waals surface area contributed by atoms with Gasteiger partial charge in [0, 0.05) is 24.8 Å². The summed E-state index contributed by atoms with van der Waals surface area (Å²) in [7, 11) is 3.13. The highest BCUT2D eigenvalue weighted by Gasteiger charge is 2.46. The number of hydrogen-bond acceptors (Lipinski definition) is 6. The predicted molar refractivity (Wildman–Crippen MR) is 150 cm³/mol. The Morgan fingerprint density at radius 3 is 2.26 bits per heavy atom. The van der Waals surface area contributed by atoms with E-state index in [0.29, 0.717) is 29.2 Å². The number of ketones is 1. The summed E-state index contributed by atoms with van der Waals surface area (Å²) in [4.78, 5) is 27.9. The number of ether oxygens (including phenoxy) is 3. The Morgan fingerprint density at radius 2 is 1.64 bits per heavy atom. The smallest absolute Gasteiger partial charge is 0.295 e. The molecular weight excluding hydrogens is 494 g/mol. The molecule has 39 heavy (non-hydrogen) atoms. The van der Waals surface area contributed by atoms with E-state index in [1.807, 2.05) is 69.3 Å². The van der Waals surface area contributed by atoms with Gasteiger partial charge in [-0.05, 0) is 46.9 Å². The van der Waals surface area contributed by atoms with Gasteiger partial charge in [-0.25, -0.2) is 0 Å². The van der Waals surface area contributed by atoms with E-state index in [2.05, 4.69) is 0 Å². The monoisotopic (exact) mass is 529 g/mol. The maximum atomic E-state index is 13.3. The molecule has 1 fully saturated rings. The summed E-state index contributed by atoms with van der Waals surface area (Å²) in [6.45, 7) is 6.99. The highest BCUT2D eigenvalue weighted by Crippen LogP contribution is 2.41. The quantitative estimate of drug-likeness (QED) is 0.219. The van der Waals surface area contributed by atoms with Crippen LogP contribution in [-0.4, -0.2) is 49.1 Å². The molecule has 0 aliphatic carbocycles. The van der Waals surface area contributed by atoms with Gasteiger partial charge >= 0.3 is 0 Å². The number of nitrogens with zero attached hydrogens (tertiary/aromatic N) is 1. The van der Waals surface area contributed by atoms with Gasteiger partial charge in [0.15, 0.2) is 0 Å². The Morgan fingerprint density at radius 1 is 0.949 bits per heavy atom. The van der Waals surface area contributed by atoms with Gasteiger partial charge in [0.1, 0.15) is 23.9 Å². The minimum Gasteiger partial charge on any atom is -0.507 e. The van der Waals surface area contributed by atoms with Gasteiger partial charge in [0.05, 0.1) is 25.3 Å². The molecule has 0 spiro atoms. The highest BCUT2D eigenvalue weighted by molar-refractivity contribution is 6.46. The molecule has 0 radical (unpaired) electrons. The van der Waals surface area contributed by atoms with Crippen molar-refractivity contribution in [1.82, 2.24) is 4.90 Å². The third-order valence-electron chi connectivity index (χ3n) is 6.80. The van der Waals surface area contributed by atoms with Crippen molar-refractivity contribution in [3.05, 3.63) is 101 Å². The van der Waals surface area contributed by atoms with E-state index in [1.165, 1.54) is 12.0 Å². The number of carbonyl (C=O) groups is 2. The fraction of sp³-hybridized carbons (Fsp3) is 0.312. The van der Waals surface area contributed by atoms with Gasteiger partial charge in [0.2, 0.25) is 0 Å². The minimum atomic E-state index is -0.775. The first kappa shape index (κ1) is 27.9. The van der Waals surface area contributed by atoms with Crippen LogP contribution in [0.5, 0.6) is 11.5 Å². The lowest BCUT2D eigenvalue weighted by atomic mass is 9.84. The van der Waals surface area contributed by atoms with E-state index in [0.717, 1.165) is 11.1 Å².